The molecule has 0 saturated carbocycles. The van der Waals surface area contributed by atoms with Crippen LogP contribution in [0.15, 0.2) is 0 Å². The summed E-state index contributed by atoms with van der Waals surface area (Å²) in [5, 5.41) is 0. The van der Waals surface area contributed by atoms with Crippen LogP contribution >= 0.6 is 7.82 Å². The zero-order chi connectivity index (χ0) is 31.6. The summed E-state index contributed by atoms with van der Waals surface area (Å²) in [6, 6.07) is 0. The zero-order valence-corrected chi connectivity index (χ0v) is 29.9. The molecule has 0 aromatic carbocycles. The molecule has 0 heterocycles. The molecule has 2 unspecified atom stereocenters. The Kier molecular flexibility index (Phi) is 45.5. The summed E-state index contributed by atoms with van der Waals surface area (Å²) in [4.78, 5) is 21.6. The third-order valence-corrected chi connectivity index (χ3v) is 8.57. The van der Waals surface area contributed by atoms with E-state index in [1.807, 2.05) is 0 Å². The maximum atomic E-state index is 8.88. The molecule has 0 spiro atoms. The number of unbranched alkanes of at least 4 members (excludes halogenated alkanes) is 20. The van der Waals surface area contributed by atoms with Gasteiger partial charge in [-0.05, 0) is 37.5 Å². The normalized spacial score (nSPS) is 12.8. The second kappa shape index (κ2) is 39.9. The molecule has 0 amide bonds. The summed E-state index contributed by atoms with van der Waals surface area (Å²) in [6.07, 6.45) is 39.7. The van der Waals surface area contributed by atoms with E-state index in [0.29, 0.717) is 0 Å². The molecule has 0 aromatic heterocycles. The fourth-order valence-corrected chi connectivity index (χ4v) is 5.88. The summed E-state index contributed by atoms with van der Waals surface area (Å²) >= 11 is 0. The van der Waals surface area contributed by atoms with Crippen LogP contribution in [0.5, 0.6) is 0 Å². The number of hydrogen-bond donors (Lipinski definition) is 3. The number of hydrogen-bond acceptors (Lipinski definition) is 2. The monoisotopic (exact) mass is 661 g/mol. The fraction of sp³-hybridized carbons (Fsp3) is 1.00. The minimum absolute atomic E-state index is 0. The van der Waals surface area contributed by atoms with Crippen LogP contribution < -0.4 is 0 Å². The molecule has 5 nitrogen and oxygen atoms in total. The molecule has 0 aromatic rings. The summed E-state index contributed by atoms with van der Waals surface area (Å²) in [6.45, 7) is 11.3. The van der Waals surface area contributed by atoms with E-state index < -0.39 is 7.82 Å². The molecule has 0 radical (unpaired) electrons. The fourth-order valence-electron chi connectivity index (χ4n) is 5.88. The van der Waals surface area contributed by atoms with Gasteiger partial charge in [-0.2, -0.15) is 0 Å². The van der Waals surface area contributed by atoms with Gasteiger partial charge in [-0.3, -0.25) is 0 Å². The SMILES string of the molecule is CCCCCCCCCCC(CCCCCC)COCC(CCCCCC)CCCCCCCCCC.O=P(O)(O)O.[KH]. The van der Waals surface area contributed by atoms with Gasteiger partial charge >= 0.3 is 59.2 Å². The molecule has 0 fully saturated rings. The molecular weight excluding hydrogens is 582 g/mol. The predicted molar refractivity (Wildman–Crippen MR) is 191 cm³/mol. The van der Waals surface area contributed by atoms with Crippen LogP contribution in [-0.4, -0.2) is 79.3 Å². The molecule has 0 aliphatic carbocycles. The average molecular weight is 661 g/mol. The molecular formula is C36H78KO5P. The molecule has 3 N–H and O–H groups in total. The second-order valence-electron chi connectivity index (χ2n) is 13.0. The van der Waals surface area contributed by atoms with E-state index in [1.54, 1.807) is 0 Å². The van der Waals surface area contributed by atoms with E-state index in [4.69, 9.17) is 24.0 Å². The number of phosphoric acid groups is 1. The average Bonchev–Trinajstić information content (AvgIpc) is 2.94. The Morgan fingerprint density at radius 1 is 0.419 bits per heavy atom. The van der Waals surface area contributed by atoms with Crippen molar-refractivity contribution in [3.05, 3.63) is 0 Å². The molecule has 0 aliphatic rings. The van der Waals surface area contributed by atoms with Crippen molar-refractivity contribution in [2.75, 3.05) is 13.2 Å². The van der Waals surface area contributed by atoms with Crippen LogP contribution in [0.25, 0.3) is 0 Å². The van der Waals surface area contributed by atoms with Crippen LogP contribution in [0.2, 0.25) is 0 Å². The number of ether oxygens (including phenoxy) is 1. The Balaban J connectivity index is -0.00000244. The van der Waals surface area contributed by atoms with Crippen molar-refractivity contribution in [2.24, 2.45) is 11.8 Å². The van der Waals surface area contributed by atoms with Gasteiger partial charge in [0.25, 0.3) is 0 Å². The predicted octanol–water partition coefficient (Wildman–Crippen LogP) is 11.7. The Morgan fingerprint density at radius 3 is 0.837 bits per heavy atom. The third-order valence-electron chi connectivity index (χ3n) is 8.57. The molecule has 7 heteroatoms. The van der Waals surface area contributed by atoms with Crippen molar-refractivity contribution in [2.45, 2.75) is 207 Å². The first-order valence-electron chi connectivity index (χ1n) is 18.6. The zero-order valence-electron chi connectivity index (χ0n) is 29.0. The molecule has 258 valence electrons. The van der Waals surface area contributed by atoms with Crippen LogP contribution in [0.1, 0.15) is 207 Å². The van der Waals surface area contributed by atoms with Gasteiger partial charge in [0.1, 0.15) is 0 Å². The van der Waals surface area contributed by atoms with E-state index in [0.717, 1.165) is 25.0 Å². The Hall–Kier alpha value is 1.71. The molecule has 0 bridgehead atoms. The molecule has 0 aliphatic heterocycles. The first kappa shape index (κ1) is 49.1. The Labute approximate surface area is 312 Å². The summed E-state index contributed by atoms with van der Waals surface area (Å²) < 4.78 is 15.4. The molecule has 0 rings (SSSR count). The standard InChI is InChI=1S/C36H74O.K.H3O4P.H/c1-5-9-13-17-19-21-23-27-31-35(29-25-15-11-7-3)33-37-34-36(30-26-16-12-8-4)32-28-24-22-20-18-14-10-6-2;;1-5(2,3)4;/h35-36H,5-34H2,1-4H3;;(H3,1,2,3,4);. The van der Waals surface area contributed by atoms with Gasteiger partial charge < -0.3 is 19.4 Å². The van der Waals surface area contributed by atoms with Crippen molar-refractivity contribution >= 4 is 59.2 Å². The Morgan fingerprint density at radius 2 is 0.605 bits per heavy atom. The first-order chi connectivity index (χ1) is 20.3. The van der Waals surface area contributed by atoms with Crippen molar-refractivity contribution in [1.82, 2.24) is 0 Å². The van der Waals surface area contributed by atoms with Crippen molar-refractivity contribution < 1.29 is 24.0 Å². The summed E-state index contributed by atoms with van der Waals surface area (Å²) in [5.74, 6) is 1.61. The quantitative estimate of drug-likeness (QED) is 0.0380. The van der Waals surface area contributed by atoms with Gasteiger partial charge in [0, 0.05) is 13.2 Å². The molecule has 0 saturated heterocycles. The van der Waals surface area contributed by atoms with Gasteiger partial charge in [0.15, 0.2) is 0 Å². The second-order valence-corrected chi connectivity index (χ2v) is 14.0. The van der Waals surface area contributed by atoms with Crippen molar-refractivity contribution in [3.63, 3.8) is 0 Å². The van der Waals surface area contributed by atoms with E-state index in [2.05, 4.69) is 27.7 Å². The van der Waals surface area contributed by atoms with Crippen LogP contribution in [0.3, 0.4) is 0 Å². The van der Waals surface area contributed by atoms with Gasteiger partial charge in [-0.1, -0.05) is 182 Å². The van der Waals surface area contributed by atoms with Gasteiger partial charge in [0.05, 0.1) is 0 Å². The van der Waals surface area contributed by atoms with E-state index in [1.165, 1.54) is 180 Å². The first-order valence-corrected chi connectivity index (χ1v) is 20.2. The molecule has 2 atom stereocenters. The van der Waals surface area contributed by atoms with Gasteiger partial charge in [-0.15, -0.1) is 0 Å². The number of rotatable bonds is 32. The van der Waals surface area contributed by atoms with Gasteiger partial charge in [0.2, 0.25) is 0 Å². The summed E-state index contributed by atoms with van der Waals surface area (Å²) in [7, 11) is -4.64. The minimum atomic E-state index is -4.64. The maximum absolute atomic E-state index is 8.88. The Bertz CT molecular complexity index is 501. The van der Waals surface area contributed by atoms with E-state index >= 15 is 0 Å². The third kappa shape index (κ3) is 48.2. The van der Waals surface area contributed by atoms with Crippen LogP contribution in [0.4, 0.5) is 0 Å². The van der Waals surface area contributed by atoms with E-state index in [-0.39, 0.29) is 51.4 Å². The molecule has 43 heavy (non-hydrogen) atoms. The van der Waals surface area contributed by atoms with Crippen molar-refractivity contribution in [1.29, 1.82) is 0 Å². The van der Waals surface area contributed by atoms with Gasteiger partial charge in [-0.25, -0.2) is 4.57 Å². The van der Waals surface area contributed by atoms with Crippen molar-refractivity contribution in [3.8, 4) is 0 Å². The van der Waals surface area contributed by atoms with Crippen LogP contribution in [0, 0.1) is 11.8 Å². The van der Waals surface area contributed by atoms with Crippen LogP contribution in [-0.2, 0) is 9.30 Å². The topological polar surface area (TPSA) is 87.0 Å². The summed E-state index contributed by atoms with van der Waals surface area (Å²) in [5.41, 5.74) is 0. The van der Waals surface area contributed by atoms with E-state index in [9.17, 15) is 0 Å².